The Hall–Kier alpha value is -2.16. The number of fused-ring (bicyclic) bond motifs is 3. The molecular formula is C13H10O3. The lowest BCUT2D eigenvalue weighted by atomic mass is 9.98. The number of hydrogen-bond donors (Lipinski definition) is 2. The van der Waals surface area contributed by atoms with Crippen molar-refractivity contribution in [2.75, 3.05) is 0 Å². The summed E-state index contributed by atoms with van der Waals surface area (Å²) in [7, 11) is 0. The van der Waals surface area contributed by atoms with Crippen LogP contribution >= 0.6 is 0 Å². The molecule has 0 unspecified atom stereocenters. The smallest absolute Gasteiger partial charge is 0.202 e. The Balaban J connectivity index is 2.48. The predicted octanol–water partition coefficient (Wildman–Crippen LogP) is 2.70. The summed E-state index contributed by atoms with van der Waals surface area (Å²) in [4.78, 5) is 0. The van der Waals surface area contributed by atoms with Gasteiger partial charge in [0, 0.05) is 10.9 Å². The van der Waals surface area contributed by atoms with Crippen molar-refractivity contribution in [3.8, 4) is 17.2 Å². The molecule has 0 saturated carbocycles. The van der Waals surface area contributed by atoms with E-state index in [1.54, 1.807) is 6.07 Å². The lowest BCUT2D eigenvalue weighted by molar-refractivity contribution is 0.370. The summed E-state index contributed by atoms with van der Waals surface area (Å²) < 4.78 is 5.25. The Labute approximate surface area is 92.2 Å². The second-order valence-corrected chi connectivity index (χ2v) is 3.74. The zero-order chi connectivity index (χ0) is 11.1. The molecule has 3 rings (SSSR count). The maximum absolute atomic E-state index is 9.86. The number of hydrogen-bond acceptors (Lipinski definition) is 3. The van der Waals surface area contributed by atoms with E-state index in [0.717, 1.165) is 10.9 Å². The van der Waals surface area contributed by atoms with Crippen molar-refractivity contribution in [3.05, 3.63) is 42.2 Å². The standard InChI is InChI=1S/C13H10O3/c14-11-9-5-2-1-4-8(9)10-6-3-7-16-13(10)12(11)15/h1-5,7,14-15H,6H2. The molecule has 0 atom stereocenters. The molecule has 0 amide bonds. The molecule has 0 saturated heterocycles. The van der Waals surface area contributed by atoms with Gasteiger partial charge in [0.1, 0.15) is 0 Å². The first-order chi connectivity index (χ1) is 7.79. The van der Waals surface area contributed by atoms with Gasteiger partial charge in [0.2, 0.25) is 5.75 Å². The molecule has 0 spiro atoms. The summed E-state index contributed by atoms with van der Waals surface area (Å²) in [5.74, 6) is 0.0569. The molecule has 0 aliphatic carbocycles. The first kappa shape index (κ1) is 9.09. The summed E-state index contributed by atoms with van der Waals surface area (Å²) in [6, 6.07) is 7.42. The summed E-state index contributed by atoms with van der Waals surface area (Å²) in [5.41, 5.74) is 0.911. The highest BCUT2D eigenvalue weighted by Gasteiger charge is 2.20. The monoisotopic (exact) mass is 214 g/mol. The van der Waals surface area contributed by atoms with Gasteiger partial charge < -0.3 is 14.9 Å². The fourth-order valence-electron chi connectivity index (χ4n) is 2.06. The van der Waals surface area contributed by atoms with E-state index in [2.05, 4.69) is 0 Å². The van der Waals surface area contributed by atoms with E-state index >= 15 is 0 Å². The van der Waals surface area contributed by atoms with Crippen LogP contribution in [0.25, 0.3) is 10.8 Å². The Morgan fingerprint density at radius 3 is 2.56 bits per heavy atom. The summed E-state index contributed by atoms with van der Waals surface area (Å²) in [6.07, 6.45) is 4.10. The van der Waals surface area contributed by atoms with Crippen LogP contribution in [0.4, 0.5) is 0 Å². The van der Waals surface area contributed by atoms with Crippen molar-refractivity contribution >= 4 is 10.8 Å². The van der Waals surface area contributed by atoms with Crippen molar-refractivity contribution in [1.82, 2.24) is 0 Å². The van der Waals surface area contributed by atoms with Gasteiger partial charge in [-0.2, -0.15) is 0 Å². The van der Waals surface area contributed by atoms with Crippen LogP contribution in [-0.4, -0.2) is 10.2 Å². The van der Waals surface area contributed by atoms with Crippen LogP contribution in [0.5, 0.6) is 17.2 Å². The normalized spacial score (nSPS) is 13.5. The molecule has 1 aliphatic rings. The van der Waals surface area contributed by atoms with Gasteiger partial charge in [-0.25, -0.2) is 0 Å². The van der Waals surface area contributed by atoms with Crippen LogP contribution in [0.1, 0.15) is 5.56 Å². The molecule has 16 heavy (non-hydrogen) atoms. The van der Waals surface area contributed by atoms with Crippen LogP contribution < -0.4 is 4.74 Å². The SMILES string of the molecule is Oc1c2c(c3ccccc3c1O)CC=CO2. The lowest BCUT2D eigenvalue weighted by Crippen LogP contribution is -1.98. The van der Waals surface area contributed by atoms with Gasteiger partial charge in [-0.3, -0.25) is 0 Å². The van der Waals surface area contributed by atoms with Crippen LogP contribution in [0, 0.1) is 0 Å². The fourth-order valence-corrected chi connectivity index (χ4v) is 2.06. The molecule has 0 bridgehead atoms. The molecule has 2 N–H and O–H groups in total. The Kier molecular flexibility index (Phi) is 1.80. The van der Waals surface area contributed by atoms with Gasteiger partial charge in [0.15, 0.2) is 11.5 Å². The summed E-state index contributed by atoms with van der Waals surface area (Å²) in [5, 5.41) is 21.3. The first-order valence-corrected chi connectivity index (χ1v) is 5.06. The third-order valence-corrected chi connectivity index (χ3v) is 2.82. The Morgan fingerprint density at radius 2 is 1.75 bits per heavy atom. The fraction of sp³-hybridized carbons (Fsp3) is 0.0769. The third kappa shape index (κ3) is 1.08. The first-order valence-electron chi connectivity index (χ1n) is 5.06. The number of aromatic hydroxyl groups is 2. The number of benzene rings is 2. The van der Waals surface area contributed by atoms with Crippen LogP contribution in [0.15, 0.2) is 36.6 Å². The van der Waals surface area contributed by atoms with Crippen molar-refractivity contribution in [2.45, 2.75) is 6.42 Å². The van der Waals surface area contributed by atoms with E-state index in [4.69, 9.17) is 4.74 Å². The van der Waals surface area contributed by atoms with Crippen molar-refractivity contribution in [3.63, 3.8) is 0 Å². The number of ether oxygens (including phenoxy) is 1. The van der Waals surface area contributed by atoms with E-state index in [9.17, 15) is 10.2 Å². The van der Waals surface area contributed by atoms with Crippen LogP contribution in [0.3, 0.4) is 0 Å². The number of phenols is 2. The lowest BCUT2D eigenvalue weighted by Gasteiger charge is -2.17. The van der Waals surface area contributed by atoms with Gasteiger partial charge in [-0.05, 0) is 17.9 Å². The van der Waals surface area contributed by atoms with E-state index in [-0.39, 0.29) is 11.5 Å². The highest BCUT2D eigenvalue weighted by Crippen LogP contribution is 2.46. The second kappa shape index (κ2) is 3.17. The molecule has 3 nitrogen and oxygen atoms in total. The number of phenolic OH excluding ortho intramolecular Hbond substituents is 2. The molecular weight excluding hydrogens is 204 g/mol. The molecule has 2 aromatic rings. The van der Waals surface area contributed by atoms with E-state index in [1.165, 1.54) is 6.26 Å². The average Bonchev–Trinajstić information content (AvgIpc) is 2.36. The molecule has 3 heteroatoms. The van der Waals surface area contributed by atoms with Gasteiger partial charge >= 0.3 is 0 Å². The second-order valence-electron chi connectivity index (χ2n) is 3.74. The van der Waals surface area contributed by atoms with Gasteiger partial charge in [-0.15, -0.1) is 0 Å². The van der Waals surface area contributed by atoms with E-state index in [1.807, 2.05) is 24.3 Å². The minimum atomic E-state index is -0.182. The zero-order valence-corrected chi connectivity index (χ0v) is 8.47. The maximum Gasteiger partial charge on any atom is 0.202 e. The highest BCUT2D eigenvalue weighted by atomic mass is 16.5. The van der Waals surface area contributed by atoms with Crippen molar-refractivity contribution < 1.29 is 14.9 Å². The van der Waals surface area contributed by atoms with Crippen molar-refractivity contribution in [2.24, 2.45) is 0 Å². The summed E-state index contributed by atoms with van der Waals surface area (Å²) >= 11 is 0. The topological polar surface area (TPSA) is 49.7 Å². The minimum Gasteiger partial charge on any atom is -0.504 e. The molecule has 80 valence electrons. The number of rotatable bonds is 0. The maximum atomic E-state index is 9.86. The largest absolute Gasteiger partial charge is 0.504 e. The Morgan fingerprint density at radius 1 is 1.00 bits per heavy atom. The van der Waals surface area contributed by atoms with Gasteiger partial charge in [-0.1, -0.05) is 24.3 Å². The predicted molar refractivity (Wildman–Crippen MR) is 60.7 cm³/mol. The molecule has 1 aliphatic heterocycles. The van der Waals surface area contributed by atoms with Crippen LogP contribution in [-0.2, 0) is 6.42 Å². The molecule has 0 fully saturated rings. The molecule has 2 aromatic carbocycles. The number of allylic oxidation sites excluding steroid dienone is 1. The van der Waals surface area contributed by atoms with E-state index in [0.29, 0.717) is 17.6 Å². The molecule has 1 heterocycles. The van der Waals surface area contributed by atoms with Gasteiger partial charge in [0.25, 0.3) is 0 Å². The third-order valence-electron chi connectivity index (χ3n) is 2.82. The zero-order valence-electron chi connectivity index (χ0n) is 8.47. The molecule has 0 radical (unpaired) electrons. The van der Waals surface area contributed by atoms with Crippen molar-refractivity contribution in [1.29, 1.82) is 0 Å². The van der Waals surface area contributed by atoms with Crippen LogP contribution in [0.2, 0.25) is 0 Å². The minimum absolute atomic E-state index is 0.121. The van der Waals surface area contributed by atoms with Gasteiger partial charge in [0.05, 0.1) is 6.26 Å². The average molecular weight is 214 g/mol. The Bertz CT molecular complexity index is 600. The van der Waals surface area contributed by atoms with E-state index < -0.39 is 0 Å². The summed E-state index contributed by atoms with van der Waals surface area (Å²) in [6.45, 7) is 0. The quantitative estimate of drug-likeness (QED) is 0.663. The molecule has 0 aromatic heterocycles. The highest BCUT2D eigenvalue weighted by molar-refractivity contribution is 5.96.